The molecule has 0 N–H and O–H groups in total. The molecule has 0 spiro atoms. The Bertz CT molecular complexity index is 5870. The van der Waals surface area contributed by atoms with Crippen LogP contribution in [0.4, 0.5) is 34.1 Å². The highest BCUT2D eigenvalue weighted by Crippen LogP contribution is 2.58. The molecule has 0 bridgehead atoms. The van der Waals surface area contributed by atoms with E-state index in [-0.39, 0.29) is 5.41 Å². The van der Waals surface area contributed by atoms with Crippen LogP contribution in [0, 0.1) is 0 Å². The Morgan fingerprint density at radius 1 is 0.245 bits per heavy atom. The van der Waals surface area contributed by atoms with Crippen molar-refractivity contribution in [2.45, 2.75) is 24.7 Å². The van der Waals surface area contributed by atoms with E-state index in [1.165, 1.54) is 140 Å². The Morgan fingerprint density at radius 3 is 1.45 bits per heavy atom. The molecule has 2 nitrogen and oxygen atoms in total. The summed E-state index contributed by atoms with van der Waals surface area (Å²) in [4.78, 5) is 4.91. The Labute approximate surface area is 554 Å². The molecule has 2 heterocycles. The average molecular weight is 1230 g/mol. The second kappa shape index (κ2) is 21.2. The number of hydrogen-bond acceptors (Lipinski definition) is 4. The van der Waals surface area contributed by atoms with E-state index in [1.54, 1.807) is 0 Å². The molecule has 94 heavy (non-hydrogen) atoms. The van der Waals surface area contributed by atoms with Crippen molar-refractivity contribution in [1.82, 2.24) is 0 Å². The van der Waals surface area contributed by atoms with Crippen LogP contribution in [0.3, 0.4) is 0 Å². The van der Waals surface area contributed by atoms with Crippen LogP contribution in [0.15, 0.2) is 328 Å². The van der Waals surface area contributed by atoms with Gasteiger partial charge in [0.2, 0.25) is 0 Å². The standard InChI is InChI=1S/C90H60N2S2/c1-89(2)81-51-61(58-32-38-66(39-33-58)91(67-40-34-57-18-9-10-20-60(57)50-67)68-42-48-86-78(54-68)76-28-14-16-31-85(76)93-86)35-44-73(81)74-45-36-62(52-82(74)89)63-37-46-77-79-55-69(43-49-87(79)94-88(77)53-63)92(84-30-17-21-59-19-11-12-26-71(59)84)70-41-47-75-72-27-13-15-29-80(72)90(83(75)56-70,64-22-5-3-6-23-64)65-24-7-4-8-25-65/h3-56H,1-2H3. The summed E-state index contributed by atoms with van der Waals surface area (Å²) < 4.78 is 5.17. The van der Waals surface area contributed by atoms with Crippen molar-refractivity contribution in [2.24, 2.45) is 0 Å². The normalized spacial score (nSPS) is 13.4. The fraction of sp³-hybridized carbons (Fsp3) is 0.0444. The number of thiophene rings is 2. The second-order valence-electron chi connectivity index (χ2n) is 25.9. The van der Waals surface area contributed by atoms with Gasteiger partial charge >= 0.3 is 0 Å². The third kappa shape index (κ3) is 8.39. The molecule has 442 valence electrons. The highest BCUT2D eigenvalue weighted by atomic mass is 32.1. The van der Waals surface area contributed by atoms with E-state index in [2.05, 4.69) is 351 Å². The minimum atomic E-state index is -0.529. The maximum absolute atomic E-state index is 2.50. The molecule has 15 aromatic carbocycles. The van der Waals surface area contributed by atoms with Gasteiger partial charge in [-0.05, 0) is 197 Å². The maximum atomic E-state index is 2.50. The molecule has 2 aromatic heterocycles. The SMILES string of the molecule is CC1(C)c2cc(-c3ccc(N(c4ccc5ccccc5c4)c4ccc5sc6ccccc6c5c4)cc3)ccc2-c2ccc(-c3ccc4c(c3)sc3ccc(N(c5ccc6c(c5)C(c5ccccc5)(c5ccccc5)c5ccccc5-6)c5cccc6ccccc56)cc34)cc21. The first-order valence-corrected chi connectivity index (χ1v) is 34.2. The number of hydrogen-bond donors (Lipinski definition) is 0. The van der Waals surface area contributed by atoms with Gasteiger partial charge < -0.3 is 9.80 Å². The minimum Gasteiger partial charge on any atom is -0.310 e. The van der Waals surface area contributed by atoms with Crippen molar-refractivity contribution >= 4 is 119 Å². The molecule has 0 amide bonds. The summed E-state index contributed by atoms with van der Waals surface area (Å²) in [5.74, 6) is 0. The Morgan fingerprint density at radius 2 is 0.713 bits per heavy atom. The summed E-state index contributed by atoms with van der Waals surface area (Å²) in [5, 5.41) is 9.98. The fourth-order valence-corrected chi connectivity index (χ4v) is 18.2. The molecule has 2 aliphatic rings. The van der Waals surface area contributed by atoms with Crippen molar-refractivity contribution in [3.05, 3.63) is 361 Å². The largest absolute Gasteiger partial charge is 0.310 e. The first-order chi connectivity index (χ1) is 46.3. The zero-order valence-electron chi connectivity index (χ0n) is 51.9. The van der Waals surface area contributed by atoms with E-state index in [0.717, 1.165) is 34.1 Å². The molecular weight excluding hydrogens is 1170 g/mol. The topological polar surface area (TPSA) is 6.48 Å². The zero-order chi connectivity index (χ0) is 62.2. The number of rotatable bonds is 10. The van der Waals surface area contributed by atoms with Gasteiger partial charge in [0.25, 0.3) is 0 Å². The first-order valence-electron chi connectivity index (χ1n) is 32.5. The van der Waals surface area contributed by atoms with Gasteiger partial charge in [-0.15, -0.1) is 22.7 Å². The molecule has 0 saturated carbocycles. The van der Waals surface area contributed by atoms with Crippen LogP contribution in [0.25, 0.3) is 106 Å². The lowest BCUT2D eigenvalue weighted by atomic mass is 9.67. The Balaban J connectivity index is 0.660. The van der Waals surface area contributed by atoms with Crippen molar-refractivity contribution in [3.8, 4) is 44.5 Å². The van der Waals surface area contributed by atoms with Crippen LogP contribution in [0.2, 0.25) is 0 Å². The van der Waals surface area contributed by atoms with E-state index >= 15 is 0 Å². The summed E-state index contributed by atoms with van der Waals surface area (Å²) in [7, 11) is 0. The molecule has 4 heteroatoms. The molecule has 2 aliphatic carbocycles. The quantitative estimate of drug-likeness (QED) is 0.135. The summed E-state index contributed by atoms with van der Waals surface area (Å²) >= 11 is 3.74. The van der Waals surface area contributed by atoms with Crippen molar-refractivity contribution in [1.29, 1.82) is 0 Å². The van der Waals surface area contributed by atoms with Crippen LogP contribution in [-0.2, 0) is 10.8 Å². The number of benzene rings is 15. The van der Waals surface area contributed by atoms with Crippen LogP contribution in [-0.4, -0.2) is 0 Å². The molecule has 19 rings (SSSR count). The van der Waals surface area contributed by atoms with Crippen LogP contribution in [0.1, 0.15) is 47.2 Å². The van der Waals surface area contributed by atoms with E-state index in [0.29, 0.717) is 0 Å². The van der Waals surface area contributed by atoms with Gasteiger partial charge in [0.15, 0.2) is 0 Å². The molecule has 17 aromatic rings. The lowest BCUT2D eigenvalue weighted by Crippen LogP contribution is -2.28. The van der Waals surface area contributed by atoms with E-state index in [1.807, 2.05) is 22.7 Å². The smallest absolute Gasteiger partial charge is 0.0714 e. The van der Waals surface area contributed by atoms with Gasteiger partial charge in [-0.25, -0.2) is 0 Å². The zero-order valence-corrected chi connectivity index (χ0v) is 53.5. The molecule has 0 radical (unpaired) electrons. The molecule has 0 fully saturated rings. The maximum Gasteiger partial charge on any atom is 0.0714 e. The van der Waals surface area contributed by atoms with E-state index in [9.17, 15) is 0 Å². The number of anilines is 6. The van der Waals surface area contributed by atoms with Crippen molar-refractivity contribution in [3.63, 3.8) is 0 Å². The van der Waals surface area contributed by atoms with Gasteiger partial charge in [0, 0.05) is 79.6 Å². The third-order valence-corrected chi connectivity index (χ3v) is 22.8. The molecular formula is C90H60N2S2. The molecule has 0 saturated heterocycles. The Hall–Kier alpha value is -11.1. The summed E-state index contributed by atoms with van der Waals surface area (Å²) in [6.45, 7) is 4.81. The highest BCUT2D eigenvalue weighted by molar-refractivity contribution is 7.26. The average Bonchev–Trinajstić information content (AvgIpc) is 1.55. The monoisotopic (exact) mass is 1230 g/mol. The lowest BCUT2D eigenvalue weighted by Gasteiger charge is -2.35. The summed E-state index contributed by atoms with van der Waals surface area (Å²) in [6, 6.07) is 123. The van der Waals surface area contributed by atoms with Gasteiger partial charge in [-0.1, -0.05) is 238 Å². The summed E-state index contributed by atoms with van der Waals surface area (Å²) in [6.07, 6.45) is 0. The van der Waals surface area contributed by atoms with Crippen molar-refractivity contribution < 1.29 is 0 Å². The van der Waals surface area contributed by atoms with Gasteiger partial charge in [-0.2, -0.15) is 0 Å². The predicted molar refractivity (Wildman–Crippen MR) is 402 cm³/mol. The van der Waals surface area contributed by atoms with Crippen LogP contribution in [0.5, 0.6) is 0 Å². The molecule has 0 unspecified atom stereocenters. The van der Waals surface area contributed by atoms with Gasteiger partial charge in [0.05, 0.1) is 11.1 Å². The highest BCUT2D eigenvalue weighted by Gasteiger charge is 2.46. The third-order valence-electron chi connectivity index (χ3n) is 20.5. The first kappa shape index (κ1) is 54.6. The lowest BCUT2D eigenvalue weighted by molar-refractivity contribution is 0.661. The van der Waals surface area contributed by atoms with Crippen LogP contribution < -0.4 is 9.80 Å². The summed E-state index contributed by atoms with van der Waals surface area (Å²) in [5.41, 5.74) is 23.9. The fourth-order valence-electron chi connectivity index (χ4n) is 16.0. The number of nitrogens with zero attached hydrogens (tertiary/aromatic N) is 2. The molecule has 0 aliphatic heterocycles. The van der Waals surface area contributed by atoms with Gasteiger partial charge in [-0.3, -0.25) is 0 Å². The number of fused-ring (bicyclic) bond motifs is 14. The van der Waals surface area contributed by atoms with E-state index < -0.39 is 5.41 Å². The minimum absolute atomic E-state index is 0.213. The van der Waals surface area contributed by atoms with E-state index in [4.69, 9.17) is 0 Å². The van der Waals surface area contributed by atoms with Gasteiger partial charge in [0.1, 0.15) is 0 Å². The second-order valence-corrected chi connectivity index (χ2v) is 28.1. The predicted octanol–water partition coefficient (Wildman–Crippen LogP) is 25.7. The van der Waals surface area contributed by atoms with Crippen molar-refractivity contribution in [2.75, 3.05) is 9.80 Å². The molecule has 0 atom stereocenters. The Kier molecular flexibility index (Phi) is 12.3. The van der Waals surface area contributed by atoms with Crippen LogP contribution >= 0.6 is 22.7 Å².